The number of nitrogens with zero attached hydrogens (tertiary/aromatic N) is 2. The smallest absolute Gasteiger partial charge is 0.322 e. The molecule has 1 heterocycles. The third kappa shape index (κ3) is 3.93. The van der Waals surface area contributed by atoms with Crippen LogP contribution in [0.25, 0.3) is 0 Å². The number of carbonyl (C=O) groups is 3. The number of hydrogen-bond acceptors (Lipinski definition) is 4. The van der Waals surface area contributed by atoms with Gasteiger partial charge in [0.25, 0.3) is 5.91 Å². The molecule has 0 aliphatic carbocycles. The molecule has 2 amide bonds. The summed E-state index contributed by atoms with van der Waals surface area (Å²) >= 11 is 0. The minimum atomic E-state index is -1.14. The Bertz CT molecular complexity index is 440. The number of carboxylic acids is 1. The van der Waals surface area contributed by atoms with Crippen LogP contribution in [-0.4, -0.2) is 45.8 Å². The van der Waals surface area contributed by atoms with E-state index in [0.717, 1.165) is 0 Å². The van der Waals surface area contributed by atoms with Gasteiger partial charge in [-0.05, 0) is 6.07 Å². The van der Waals surface area contributed by atoms with E-state index in [2.05, 4.69) is 15.7 Å². The minimum absolute atomic E-state index is 0.280. The molecule has 0 saturated heterocycles. The number of nitrogens with one attached hydrogen (secondary N) is 2. The van der Waals surface area contributed by atoms with Crippen molar-refractivity contribution in [2.75, 3.05) is 13.1 Å². The number of aromatic nitrogens is 2. The third-order valence-corrected chi connectivity index (χ3v) is 1.90. The van der Waals surface area contributed by atoms with Gasteiger partial charge < -0.3 is 15.7 Å². The summed E-state index contributed by atoms with van der Waals surface area (Å²) in [7, 11) is 1.60. The quantitative estimate of drug-likeness (QED) is 0.570. The molecule has 0 unspecified atom stereocenters. The Morgan fingerprint density at radius 3 is 2.59 bits per heavy atom. The van der Waals surface area contributed by atoms with Gasteiger partial charge in [-0.25, -0.2) is 0 Å². The monoisotopic (exact) mass is 240 g/mol. The van der Waals surface area contributed by atoms with Crippen molar-refractivity contribution in [1.82, 2.24) is 20.4 Å². The Hall–Kier alpha value is -2.38. The van der Waals surface area contributed by atoms with E-state index in [-0.39, 0.29) is 6.54 Å². The molecule has 0 fully saturated rings. The van der Waals surface area contributed by atoms with Crippen LogP contribution in [0.3, 0.4) is 0 Å². The van der Waals surface area contributed by atoms with E-state index in [0.29, 0.717) is 5.69 Å². The average Bonchev–Trinajstić information content (AvgIpc) is 2.69. The van der Waals surface area contributed by atoms with Gasteiger partial charge >= 0.3 is 5.97 Å². The number of aryl methyl sites for hydroxylation is 1. The van der Waals surface area contributed by atoms with Crippen molar-refractivity contribution in [1.29, 1.82) is 0 Å². The van der Waals surface area contributed by atoms with Crippen molar-refractivity contribution < 1.29 is 19.5 Å². The summed E-state index contributed by atoms with van der Waals surface area (Å²) in [4.78, 5) is 32.8. The Morgan fingerprint density at radius 1 is 1.35 bits per heavy atom. The van der Waals surface area contributed by atoms with E-state index >= 15 is 0 Å². The van der Waals surface area contributed by atoms with E-state index < -0.39 is 24.3 Å². The van der Waals surface area contributed by atoms with Gasteiger partial charge in [0.2, 0.25) is 5.91 Å². The number of aliphatic carboxylic acids is 1. The van der Waals surface area contributed by atoms with Gasteiger partial charge in [0, 0.05) is 13.2 Å². The molecule has 0 atom stereocenters. The summed E-state index contributed by atoms with van der Waals surface area (Å²) < 4.78 is 1.37. The van der Waals surface area contributed by atoms with Gasteiger partial charge in [-0.3, -0.25) is 19.1 Å². The molecule has 3 N–H and O–H groups in total. The van der Waals surface area contributed by atoms with E-state index in [1.54, 1.807) is 7.05 Å². The van der Waals surface area contributed by atoms with Crippen molar-refractivity contribution in [3.63, 3.8) is 0 Å². The highest BCUT2D eigenvalue weighted by atomic mass is 16.4. The van der Waals surface area contributed by atoms with Crippen LogP contribution < -0.4 is 10.6 Å². The van der Waals surface area contributed by atoms with Crippen molar-refractivity contribution >= 4 is 17.8 Å². The van der Waals surface area contributed by atoms with Crippen LogP contribution in [0, 0.1) is 0 Å². The molecule has 0 radical (unpaired) electrons. The SMILES string of the molecule is Cn1nccc1C(=O)NCC(=O)NCC(=O)O. The maximum absolute atomic E-state index is 11.5. The van der Waals surface area contributed by atoms with Crippen LogP contribution in [-0.2, 0) is 16.6 Å². The van der Waals surface area contributed by atoms with Gasteiger partial charge in [-0.2, -0.15) is 5.10 Å². The van der Waals surface area contributed by atoms with Gasteiger partial charge in [0.05, 0.1) is 6.54 Å². The minimum Gasteiger partial charge on any atom is -0.480 e. The van der Waals surface area contributed by atoms with Crippen molar-refractivity contribution in [2.24, 2.45) is 7.05 Å². The van der Waals surface area contributed by atoms with Crippen molar-refractivity contribution in [3.8, 4) is 0 Å². The van der Waals surface area contributed by atoms with Crippen LogP contribution in [0.4, 0.5) is 0 Å². The highest BCUT2D eigenvalue weighted by Crippen LogP contribution is 1.94. The standard InChI is InChI=1S/C9H12N4O4/c1-13-6(2-3-12-13)9(17)11-4-7(14)10-5-8(15)16/h2-3H,4-5H2,1H3,(H,10,14)(H,11,17)(H,15,16). The fourth-order valence-electron chi connectivity index (χ4n) is 1.08. The van der Waals surface area contributed by atoms with Crippen LogP contribution in [0.5, 0.6) is 0 Å². The average molecular weight is 240 g/mol. The number of carboxylic acid groups (broad SMARTS) is 1. The highest BCUT2D eigenvalue weighted by molar-refractivity contribution is 5.95. The molecule has 1 rings (SSSR count). The topological polar surface area (TPSA) is 113 Å². The van der Waals surface area contributed by atoms with E-state index in [9.17, 15) is 14.4 Å². The second-order valence-corrected chi connectivity index (χ2v) is 3.19. The largest absolute Gasteiger partial charge is 0.480 e. The first-order valence-electron chi connectivity index (χ1n) is 4.75. The van der Waals surface area contributed by atoms with Gasteiger partial charge in [0.15, 0.2) is 0 Å². The molecule has 1 aromatic rings. The van der Waals surface area contributed by atoms with Crippen molar-refractivity contribution in [2.45, 2.75) is 0 Å². The summed E-state index contributed by atoms with van der Waals surface area (Å²) in [5, 5.41) is 16.6. The number of carbonyl (C=O) groups excluding carboxylic acids is 2. The maximum Gasteiger partial charge on any atom is 0.322 e. The normalized spacial score (nSPS) is 9.71. The predicted octanol–water partition coefficient (Wildman–Crippen LogP) is -1.65. The van der Waals surface area contributed by atoms with Gasteiger partial charge in [-0.15, -0.1) is 0 Å². The molecule has 8 nitrogen and oxygen atoms in total. The lowest BCUT2D eigenvalue weighted by atomic mass is 10.4. The fourth-order valence-corrected chi connectivity index (χ4v) is 1.08. The second-order valence-electron chi connectivity index (χ2n) is 3.19. The zero-order valence-electron chi connectivity index (χ0n) is 9.14. The Morgan fingerprint density at radius 2 is 2.06 bits per heavy atom. The van der Waals surface area contributed by atoms with E-state index in [4.69, 9.17) is 5.11 Å². The molecule has 0 spiro atoms. The van der Waals surface area contributed by atoms with Crippen LogP contribution in [0.2, 0.25) is 0 Å². The summed E-state index contributed by atoms with van der Waals surface area (Å²) in [5.74, 6) is -2.16. The lowest BCUT2D eigenvalue weighted by Gasteiger charge is -2.05. The first-order chi connectivity index (χ1) is 8.00. The molecule has 0 saturated carbocycles. The van der Waals surface area contributed by atoms with E-state index in [1.807, 2.05) is 0 Å². The Balaban J connectivity index is 2.36. The summed E-state index contributed by atoms with van der Waals surface area (Å²) in [6, 6.07) is 1.50. The lowest BCUT2D eigenvalue weighted by molar-refractivity contribution is -0.137. The lowest BCUT2D eigenvalue weighted by Crippen LogP contribution is -2.39. The summed E-state index contributed by atoms with van der Waals surface area (Å²) in [6.45, 7) is -0.752. The van der Waals surface area contributed by atoms with Gasteiger partial charge in [-0.1, -0.05) is 0 Å². The zero-order valence-corrected chi connectivity index (χ0v) is 9.14. The first-order valence-corrected chi connectivity index (χ1v) is 4.75. The Labute approximate surface area is 96.6 Å². The molecule has 1 aromatic heterocycles. The van der Waals surface area contributed by atoms with Crippen molar-refractivity contribution in [3.05, 3.63) is 18.0 Å². The predicted molar refractivity (Wildman–Crippen MR) is 56.2 cm³/mol. The van der Waals surface area contributed by atoms with Crippen LogP contribution in [0.15, 0.2) is 12.3 Å². The molecule has 8 heteroatoms. The molecular formula is C9H12N4O4. The molecular weight excluding hydrogens is 228 g/mol. The molecule has 17 heavy (non-hydrogen) atoms. The fraction of sp³-hybridized carbons (Fsp3) is 0.333. The highest BCUT2D eigenvalue weighted by Gasteiger charge is 2.11. The number of hydrogen-bond donors (Lipinski definition) is 3. The molecule has 92 valence electrons. The zero-order chi connectivity index (χ0) is 12.8. The maximum atomic E-state index is 11.5. The number of rotatable bonds is 5. The molecule has 0 aliphatic heterocycles. The second kappa shape index (κ2) is 5.64. The molecule has 0 bridgehead atoms. The van der Waals surface area contributed by atoms with E-state index in [1.165, 1.54) is 16.9 Å². The molecule has 0 aliphatic rings. The van der Waals surface area contributed by atoms with Crippen LogP contribution >= 0.6 is 0 Å². The summed E-state index contributed by atoms with van der Waals surface area (Å²) in [5.41, 5.74) is 0.316. The Kier molecular flexibility index (Phi) is 4.21. The molecule has 0 aromatic carbocycles. The number of amides is 2. The van der Waals surface area contributed by atoms with Crippen LogP contribution in [0.1, 0.15) is 10.5 Å². The summed E-state index contributed by atoms with van der Waals surface area (Å²) in [6.07, 6.45) is 1.46. The first kappa shape index (κ1) is 12.7. The van der Waals surface area contributed by atoms with Gasteiger partial charge in [0.1, 0.15) is 12.2 Å². The third-order valence-electron chi connectivity index (χ3n) is 1.90.